The van der Waals surface area contributed by atoms with Crippen molar-refractivity contribution in [3.05, 3.63) is 93.4 Å². The van der Waals surface area contributed by atoms with E-state index < -0.39 is 0 Å². The quantitative estimate of drug-likeness (QED) is 0.218. The van der Waals surface area contributed by atoms with E-state index in [4.69, 9.17) is 26.3 Å². The number of imidazole rings is 1. The Bertz CT molecular complexity index is 2110. The van der Waals surface area contributed by atoms with Crippen LogP contribution < -0.4 is 15.6 Å². The monoisotopic (exact) mass is 636 g/mol. The van der Waals surface area contributed by atoms with E-state index in [-0.39, 0.29) is 5.56 Å². The number of hydrogen-bond acceptors (Lipinski definition) is 8. The average molecular weight is 637 g/mol. The summed E-state index contributed by atoms with van der Waals surface area (Å²) in [5.41, 5.74) is 5.31. The average Bonchev–Trinajstić information content (AvgIpc) is 3.43. The molecular formula is C35H37ClN8O2. The largest absolute Gasteiger partial charge is 0.491 e. The number of piperazine rings is 1. The summed E-state index contributed by atoms with van der Waals surface area (Å²) >= 11 is 6.63. The summed E-state index contributed by atoms with van der Waals surface area (Å²) in [4.78, 5) is 33.3. The fourth-order valence-electron chi connectivity index (χ4n) is 6.31. The molecule has 0 spiro atoms. The summed E-state index contributed by atoms with van der Waals surface area (Å²) in [5.74, 6) is 1.46. The van der Waals surface area contributed by atoms with E-state index in [1.807, 2.05) is 72.8 Å². The maximum atomic E-state index is 14.1. The van der Waals surface area contributed by atoms with E-state index in [1.54, 1.807) is 16.8 Å². The Morgan fingerprint density at radius 2 is 1.72 bits per heavy atom. The van der Waals surface area contributed by atoms with Crippen LogP contribution in [0.4, 0.5) is 11.6 Å². The van der Waals surface area contributed by atoms with Gasteiger partial charge in [0.05, 0.1) is 21.7 Å². The van der Waals surface area contributed by atoms with Crippen LogP contribution in [0.2, 0.25) is 5.02 Å². The normalized spacial score (nSPS) is 14.6. The minimum atomic E-state index is -0.229. The summed E-state index contributed by atoms with van der Waals surface area (Å²) in [7, 11) is 0. The van der Waals surface area contributed by atoms with Crippen molar-refractivity contribution in [1.29, 1.82) is 0 Å². The Morgan fingerprint density at radius 1 is 0.957 bits per heavy atom. The zero-order valence-corrected chi connectivity index (χ0v) is 27.3. The number of aromatic nitrogens is 5. The van der Waals surface area contributed by atoms with Crippen LogP contribution >= 0.6 is 11.6 Å². The second-order valence-corrected chi connectivity index (χ2v) is 12.5. The number of hydrogen-bond donors (Lipinski definition) is 1. The van der Waals surface area contributed by atoms with Gasteiger partial charge in [-0.2, -0.15) is 4.98 Å². The van der Waals surface area contributed by atoms with Gasteiger partial charge in [0.2, 0.25) is 11.7 Å². The lowest BCUT2D eigenvalue weighted by Crippen LogP contribution is -2.49. The predicted molar refractivity (Wildman–Crippen MR) is 184 cm³/mol. The summed E-state index contributed by atoms with van der Waals surface area (Å²) in [5, 5.41) is 4.14. The Morgan fingerprint density at radius 3 is 2.46 bits per heavy atom. The Hall–Kier alpha value is -4.51. The highest BCUT2D eigenvalue weighted by atomic mass is 35.5. The van der Waals surface area contributed by atoms with Crippen molar-refractivity contribution in [3.63, 3.8) is 0 Å². The van der Waals surface area contributed by atoms with Gasteiger partial charge in [-0.15, -0.1) is 0 Å². The fraction of sp³-hybridized carbons (Fsp3) is 0.314. The summed E-state index contributed by atoms with van der Waals surface area (Å²) in [6.45, 7) is 14.2. The Balaban J connectivity index is 1.17. The highest BCUT2D eigenvalue weighted by molar-refractivity contribution is 6.32. The van der Waals surface area contributed by atoms with Crippen molar-refractivity contribution in [2.24, 2.45) is 0 Å². The van der Waals surface area contributed by atoms with Gasteiger partial charge < -0.3 is 10.1 Å². The highest BCUT2D eigenvalue weighted by Gasteiger charge is 2.21. The zero-order chi connectivity index (χ0) is 31.9. The molecule has 3 aromatic heterocycles. The smallest absolute Gasteiger partial charge is 0.270 e. The van der Waals surface area contributed by atoms with E-state index in [9.17, 15) is 4.79 Å². The van der Waals surface area contributed by atoms with Gasteiger partial charge in [0.25, 0.3) is 5.56 Å². The number of benzene rings is 3. The minimum absolute atomic E-state index is 0.229. The van der Waals surface area contributed by atoms with Crippen molar-refractivity contribution in [1.82, 2.24) is 33.7 Å². The Kier molecular flexibility index (Phi) is 8.10. The molecule has 0 unspecified atom stereocenters. The lowest BCUT2D eigenvalue weighted by Gasteiger charge is -2.36. The first-order chi connectivity index (χ1) is 22.3. The number of anilines is 2. The molecule has 1 aliphatic heterocycles. The van der Waals surface area contributed by atoms with Gasteiger partial charge in [-0.25, -0.2) is 14.5 Å². The number of ether oxygens (including phenoxy) is 1. The van der Waals surface area contributed by atoms with Gasteiger partial charge in [-0.1, -0.05) is 41.9 Å². The minimum Gasteiger partial charge on any atom is -0.491 e. The molecular weight excluding hydrogens is 600 g/mol. The van der Waals surface area contributed by atoms with E-state index in [0.29, 0.717) is 51.9 Å². The molecule has 4 heterocycles. The van der Waals surface area contributed by atoms with E-state index in [0.717, 1.165) is 60.6 Å². The van der Waals surface area contributed by atoms with Crippen molar-refractivity contribution >= 4 is 51.1 Å². The van der Waals surface area contributed by atoms with Crippen LogP contribution in [0.15, 0.2) is 71.7 Å². The first kappa shape index (κ1) is 30.2. The van der Waals surface area contributed by atoms with Crippen LogP contribution in [-0.4, -0.2) is 79.1 Å². The maximum Gasteiger partial charge on any atom is 0.270 e. The molecule has 3 aromatic carbocycles. The molecule has 0 aliphatic carbocycles. The standard InChI is InChI=1S/C35H37ClN8O2/c1-22(2)42-16-14-41(15-17-42)18-19-46-30-13-12-25(20-27(30)36)38-34-37-21-26-32(40-34)43-29-11-6-5-10-28(29)39-35(43)44(33(26)45)31-23(3)8-7-9-24(31)4/h5-13,20-22H,14-19H2,1-4H3,(H,37,38,40). The summed E-state index contributed by atoms with van der Waals surface area (Å²) in [6.07, 6.45) is 1.57. The van der Waals surface area contributed by atoms with Crippen molar-refractivity contribution in [3.8, 4) is 11.4 Å². The van der Waals surface area contributed by atoms with Crippen LogP contribution in [0, 0.1) is 13.8 Å². The van der Waals surface area contributed by atoms with Gasteiger partial charge in [0.15, 0.2) is 5.65 Å². The number of nitrogens with one attached hydrogen (secondary N) is 1. The molecule has 1 saturated heterocycles. The van der Waals surface area contributed by atoms with Gasteiger partial charge in [0, 0.05) is 50.6 Å². The molecule has 1 N–H and O–H groups in total. The molecule has 0 saturated carbocycles. The summed E-state index contributed by atoms with van der Waals surface area (Å²) < 4.78 is 9.64. The van der Waals surface area contributed by atoms with Crippen molar-refractivity contribution < 1.29 is 4.74 Å². The number of aryl methyl sites for hydroxylation is 2. The molecule has 10 nitrogen and oxygen atoms in total. The first-order valence-electron chi connectivity index (χ1n) is 15.7. The van der Waals surface area contributed by atoms with Crippen LogP contribution in [0.25, 0.3) is 33.5 Å². The van der Waals surface area contributed by atoms with Crippen LogP contribution in [-0.2, 0) is 0 Å². The Labute approximate surface area is 272 Å². The van der Waals surface area contributed by atoms with Gasteiger partial charge in [0.1, 0.15) is 17.7 Å². The number of fused-ring (bicyclic) bond motifs is 5. The maximum absolute atomic E-state index is 14.1. The number of rotatable bonds is 8. The topological polar surface area (TPSA) is 92.8 Å². The highest BCUT2D eigenvalue weighted by Crippen LogP contribution is 2.30. The molecule has 0 amide bonds. The van der Waals surface area contributed by atoms with E-state index in [2.05, 4.69) is 33.9 Å². The van der Waals surface area contributed by atoms with Crippen LogP contribution in [0.1, 0.15) is 25.0 Å². The molecule has 236 valence electrons. The molecule has 6 aromatic rings. The van der Waals surface area contributed by atoms with Crippen molar-refractivity contribution in [2.75, 3.05) is 44.6 Å². The van der Waals surface area contributed by atoms with Gasteiger partial charge in [-0.05, 0) is 69.2 Å². The van der Waals surface area contributed by atoms with Crippen molar-refractivity contribution in [2.45, 2.75) is 33.7 Å². The predicted octanol–water partition coefficient (Wildman–Crippen LogP) is 6.00. The van der Waals surface area contributed by atoms with Crippen LogP contribution in [0.5, 0.6) is 5.75 Å². The third-order valence-electron chi connectivity index (χ3n) is 8.81. The molecule has 1 aliphatic rings. The number of nitrogens with zero attached hydrogens (tertiary/aromatic N) is 7. The molecule has 0 radical (unpaired) electrons. The van der Waals surface area contributed by atoms with Gasteiger partial charge >= 0.3 is 0 Å². The molecule has 11 heteroatoms. The van der Waals surface area contributed by atoms with E-state index >= 15 is 0 Å². The lowest BCUT2D eigenvalue weighted by molar-refractivity contribution is 0.0971. The number of para-hydroxylation sites is 3. The summed E-state index contributed by atoms with van der Waals surface area (Å²) in [6, 6.07) is 19.9. The SMILES string of the molecule is Cc1cccc(C)c1-n1c(=O)c2cnc(Nc3ccc(OCCN4CCN(C(C)C)CC4)c(Cl)c3)nc2n2c3ccccc3nc12. The lowest BCUT2D eigenvalue weighted by atomic mass is 10.1. The second kappa shape index (κ2) is 12.4. The second-order valence-electron chi connectivity index (χ2n) is 12.1. The fourth-order valence-corrected chi connectivity index (χ4v) is 6.55. The molecule has 7 rings (SSSR count). The molecule has 0 bridgehead atoms. The van der Waals surface area contributed by atoms with Crippen LogP contribution in [0.3, 0.4) is 0 Å². The third kappa shape index (κ3) is 5.57. The number of halogens is 1. The third-order valence-corrected chi connectivity index (χ3v) is 9.11. The van der Waals surface area contributed by atoms with E-state index in [1.165, 1.54) is 0 Å². The first-order valence-corrected chi connectivity index (χ1v) is 16.1. The molecule has 1 fully saturated rings. The van der Waals surface area contributed by atoms with Gasteiger partial charge in [-0.3, -0.25) is 19.0 Å². The zero-order valence-electron chi connectivity index (χ0n) is 26.5. The molecule has 46 heavy (non-hydrogen) atoms. The molecule has 0 atom stereocenters.